The van der Waals surface area contributed by atoms with Gasteiger partial charge in [0.05, 0.1) is 5.69 Å². The van der Waals surface area contributed by atoms with Gasteiger partial charge in [-0.2, -0.15) is 5.10 Å². The van der Waals surface area contributed by atoms with Crippen molar-refractivity contribution in [3.63, 3.8) is 0 Å². The Labute approximate surface area is 251 Å². The fourth-order valence-electron chi connectivity index (χ4n) is 6.40. The first-order valence-electron chi connectivity index (χ1n) is 15.6. The molecule has 1 N–H and O–H groups in total. The standard InChI is InChI=1S/C29H44N4O2.C6H5F/c1-5-33-26(18-25(30-33)17-22-9-7-6-8-10-22)24-12-14-31(15-13-24)20-23-11-16-32(21-23)27(28(34)35)19-29(2,3)4;7-6-4-2-1-3-5-6/h6-10,18,23-24,27H,5,11-17,19-21H2,1-4H3,(H,34,35);1-5H. The molecule has 2 unspecified atom stereocenters. The molecular weight excluding hydrogens is 527 g/mol. The Hall–Kier alpha value is -3.03. The summed E-state index contributed by atoms with van der Waals surface area (Å²) in [5, 5.41) is 14.7. The highest BCUT2D eigenvalue weighted by Gasteiger charge is 2.36. The van der Waals surface area contributed by atoms with Crippen LogP contribution in [0.3, 0.4) is 0 Å². The van der Waals surface area contributed by atoms with E-state index in [2.05, 4.69) is 78.6 Å². The normalized spacial score (nSPS) is 19.3. The van der Waals surface area contributed by atoms with E-state index in [0.29, 0.717) is 18.3 Å². The second-order valence-electron chi connectivity index (χ2n) is 13.2. The molecule has 2 fully saturated rings. The number of carbonyl (C=O) groups is 1. The van der Waals surface area contributed by atoms with Gasteiger partial charge in [0.25, 0.3) is 0 Å². The summed E-state index contributed by atoms with van der Waals surface area (Å²) in [5.41, 5.74) is 3.91. The van der Waals surface area contributed by atoms with Crippen LogP contribution in [0, 0.1) is 17.2 Å². The third kappa shape index (κ3) is 9.50. The molecule has 3 aromatic rings. The third-order valence-electron chi connectivity index (χ3n) is 8.49. The largest absolute Gasteiger partial charge is 0.480 e. The predicted octanol–water partition coefficient (Wildman–Crippen LogP) is 6.71. The van der Waals surface area contributed by atoms with Gasteiger partial charge in [0.1, 0.15) is 11.9 Å². The highest BCUT2D eigenvalue weighted by atomic mass is 19.1. The number of benzene rings is 2. The zero-order valence-electron chi connectivity index (χ0n) is 25.9. The number of aliphatic carboxylic acids is 1. The molecular formula is C35H49FN4O2. The van der Waals surface area contributed by atoms with Gasteiger partial charge in [-0.1, -0.05) is 69.3 Å². The molecule has 7 heteroatoms. The van der Waals surface area contributed by atoms with Crippen molar-refractivity contribution >= 4 is 5.97 Å². The van der Waals surface area contributed by atoms with Crippen molar-refractivity contribution in [3.05, 3.63) is 89.5 Å². The van der Waals surface area contributed by atoms with Crippen LogP contribution in [0.1, 0.15) is 76.2 Å². The van der Waals surface area contributed by atoms with Crippen LogP contribution in [0.25, 0.3) is 0 Å². The molecule has 2 aromatic carbocycles. The molecule has 6 nitrogen and oxygen atoms in total. The Balaban J connectivity index is 0.000000507. The van der Waals surface area contributed by atoms with Crippen LogP contribution in [-0.4, -0.2) is 69.4 Å². The second-order valence-corrected chi connectivity index (χ2v) is 13.2. The first-order chi connectivity index (χ1) is 20.1. The zero-order chi connectivity index (χ0) is 30.1. The van der Waals surface area contributed by atoms with E-state index < -0.39 is 5.97 Å². The summed E-state index contributed by atoms with van der Waals surface area (Å²) in [5.74, 6) is 0.307. The number of carboxylic acid groups (broad SMARTS) is 1. The Kier molecular flexibility index (Phi) is 11.3. The molecule has 0 amide bonds. The maximum atomic E-state index is 11.9. The molecule has 228 valence electrons. The summed E-state index contributed by atoms with van der Waals surface area (Å²) in [4.78, 5) is 16.8. The first-order valence-corrected chi connectivity index (χ1v) is 15.6. The van der Waals surface area contributed by atoms with Gasteiger partial charge in [-0.15, -0.1) is 0 Å². The SMILES string of the molecule is CCn1nc(Cc2ccccc2)cc1C1CCN(CC2CCN(C(CC(C)(C)C)C(=O)O)C2)CC1.Fc1ccccc1. The van der Waals surface area contributed by atoms with E-state index in [1.165, 1.54) is 41.9 Å². The van der Waals surface area contributed by atoms with Crippen LogP contribution >= 0.6 is 0 Å². The van der Waals surface area contributed by atoms with Crippen LogP contribution in [0.2, 0.25) is 0 Å². The Morgan fingerprint density at radius 2 is 1.64 bits per heavy atom. The summed E-state index contributed by atoms with van der Waals surface area (Å²) in [6.45, 7) is 14.7. The van der Waals surface area contributed by atoms with Crippen molar-refractivity contribution in [1.82, 2.24) is 19.6 Å². The van der Waals surface area contributed by atoms with E-state index in [4.69, 9.17) is 5.10 Å². The molecule has 0 saturated carbocycles. The number of hydrogen-bond donors (Lipinski definition) is 1. The summed E-state index contributed by atoms with van der Waals surface area (Å²) in [7, 11) is 0. The molecule has 2 aliphatic heterocycles. The van der Waals surface area contributed by atoms with E-state index >= 15 is 0 Å². The van der Waals surface area contributed by atoms with E-state index in [0.717, 1.165) is 52.1 Å². The first kappa shape index (κ1) is 31.9. The number of hydrogen-bond acceptors (Lipinski definition) is 4. The highest BCUT2D eigenvalue weighted by molar-refractivity contribution is 5.73. The molecule has 0 bridgehead atoms. The fourth-order valence-corrected chi connectivity index (χ4v) is 6.40. The van der Waals surface area contributed by atoms with Crippen molar-refractivity contribution in [2.75, 3.05) is 32.7 Å². The lowest BCUT2D eigenvalue weighted by molar-refractivity contribution is -0.144. The summed E-state index contributed by atoms with van der Waals surface area (Å²) in [6.07, 6.45) is 5.06. The van der Waals surface area contributed by atoms with Crippen molar-refractivity contribution in [2.24, 2.45) is 11.3 Å². The van der Waals surface area contributed by atoms with Gasteiger partial charge in [0.2, 0.25) is 0 Å². The molecule has 2 saturated heterocycles. The minimum atomic E-state index is -0.666. The second kappa shape index (κ2) is 14.9. The van der Waals surface area contributed by atoms with E-state index in [9.17, 15) is 14.3 Å². The molecule has 0 spiro atoms. The number of aryl methyl sites for hydroxylation is 1. The Morgan fingerprint density at radius 1 is 1.00 bits per heavy atom. The van der Waals surface area contributed by atoms with Crippen LogP contribution < -0.4 is 0 Å². The number of piperidine rings is 1. The van der Waals surface area contributed by atoms with Crippen molar-refractivity contribution in [3.8, 4) is 0 Å². The number of likely N-dealkylation sites (tertiary alicyclic amines) is 2. The number of nitrogens with zero attached hydrogens (tertiary/aromatic N) is 4. The van der Waals surface area contributed by atoms with Crippen LogP contribution in [0.5, 0.6) is 0 Å². The van der Waals surface area contributed by atoms with Gasteiger partial charge in [0.15, 0.2) is 0 Å². The number of aromatic nitrogens is 2. The molecule has 3 heterocycles. The smallest absolute Gasteiger partial charge is 0.320 e. The van der Waals surface area contributed by atoms with E-state index in [1.54, 1.807) is 18.2 Å². The number of rotatable bonds is 9. The van der Waals surface area contributed by atoms with Crippen molar-refractivity contribution < 1.29 is 14.3 Å². The van der Waals surface area contributed by atoms with Gasteiger partial charge in [-0.25, -0.2) is 4.39 Å². The Morgan fingerprint density at radius 3 is 2.19 bits per heavy atom. The van der Waals surface area contributed by atoms with Gasteiger partial charge < -0.3 is 10.0 Å². The minimum Gasteiger partial charge on any atom is -0.480 e. The predicted molar refractivity (Wildman–Crippen MR) is 167 cm³/mol. The molecule has 1 aromatic heterocycles. The van der Waals surface area contributed by atoms with Crippen molar-refractivity contribution in [1.29, 1.82) is 0 Å². The highest BCUT2D eigenvalue weighted by Crippen LogP contribution is 2.32. The average Bonchev–Trinajstić information content (AvgIpc) is 3.60. The van der Waals surface area contributed by atoms with Gasteiger partial charge >= 0.3 is 5.97 Å². The van der Waals surface area contributed by atoms with Crippen LogP contribution in [0.4, 0.5) is 4.39 Å². The Bertz CT molecular complexity index is 1230. The lowest BCUT2D eigenvalue weighted by Crippen LogP contribution is -2.43. The quantitative estimate of drug-likeness (QED) is 0.307. The number of carboxylic acids is 1. The summed E-state index contributed by atoms with van der Waals surface area (Å²) in [6, 6.07) is 20.5. The third-order valence-corrected chi connectivity index (χ3v) is 8.49. The number of halogens is 1. The monoisotopic (exact) mass is 576 g/mol. The van der Waals surface area contributed by atoms with Crippen LogP contribution in [-0.2, 0) is 17.8 Å². The van der Waals surface area contributed by atoms with Gasteiger partial charge in [-0.3, -0.25) is 14.4 Å². The summed E-state index contributed by atoms with van der Waals surface area (Å²) < 4.78 is 14.1. The maximum absolute atomic E-state index is 11.9. The van der Waals surface area contributed by atoms with E-state index in [1.807, 2.05) is 0 Å². The molecule has 0 radical (unpaired) electrons. The maximum Gasteiger partial charge on any atom is 0.320 e. The molecule has 0 aliphatic carbocycles. The van der Waals surface area contributed by atoms with Crippen LogP contribution in [0.15, 0.2) is 66.7 Å². The average molecular weight is 577 g/mol. The fraction of sp³-hybridized carbons (Fsp3) is 0.543. The van der Waals surface area contributed by atoms with Crippen molar-refractivity contribution in [2.45, 2.75) is 78.3 Å². The van der Waals surface area contributed by atoms with Gasteiger partial charge in [-0.05, 0) is 87.3 Å². The minimum absolute atomic E-state index is 0.0228. The molecule has 2 aliphatic rings. The molecule has 42 heavy (non-hydrogen) atoms. The zero-order valence-corrected chi connectivity index (χ0v) is 25.9. The lowest BCUT2D eigenvalue weighted by Gasteiger charge is -2.34. The topological polar surface area (TPSA) is 61.6 Å². The molecule has 5 rings (SSSR count). The molecule has 2 atom stereocenters. The lowest BCUT2D eigenvalue weighted by atomic mass is 9.87. The van der Waals surface area contributed by atoms with E-state index in [-0.39, 0.29) is 17.3 Å². The summed E-state index contributed by atoms with van der Waals surface area (Å²) >= 11 is 0. The van der Waals surface area contributed by atoms with Gasteiger partial charge in [0, 0.05) is 37.7 Å².